The van der Waals surface area contributed by atoms with E-state index in [0.29, 0.717) is 11.7 Å². The normalized spacial score (nSPS) is 8.80. The van der Waals surface area contributed by atoms with Gasteiger partial charge >= 0.3 is 0 Å². The summed E-state index contributed by atoms with van der Waals surface area (Å²) >= 11 is 0. The minimum absolute atomic E-state index is 0.195. The van der Waals surface area contributed by atoms with Crippen molar-refractivity contribution in [3.05, 3.63) is 5.69 Å². The summed E-state index contributed by atoms with van der Waals surface area (Å²) in [6.45, 7) is 23.1. The molecule has 0 saturated carbocycles. The van der Waals surface area contributed by atoms with Crippen LogP contribution in [0.4, 0.5) is 11.8 Å². The molecule has 2 aromatic heterocycles. The van der Waals surface area contributed by atoms with Gasteiger partial charge in [0, 0.05) is 6.54 Å². The summed E-state index contributed by atoms with van der Waals surface area (Å²) in [4.78, 5) is 8.18. The van der Waals surface area contributed by atoms with Crippen LogP contribution in [0.25, 0.3) is 11.0 Å². The quantitative estimate of drug-likeness (QED) is 0.764. The molecule has 0 bridgehead atoms. The molecule has 2 heterocycles. The first kappa shape index (κ1) is 28.0. The van der Waals surface area contributed by atoms with E-state index in [-0.39, 0.29) is 5.95 Å². The second-order valence-corrected chi connectivity index (χ2v) is 4.66. The van der Waals surface area contributed by atoms with Crippen molar-refractivity contribution in [1.29, 1.82) is 0 Å². The van der Waals surface area contributed by atoms with Crippen LogP contribution in [0.2, 0.25) is 0 Å². The molecule has 0 aliphatic carbocycles. The van der Waals surface area contributed by atoms with Crippen molar-refractivity contribution in [2.24, 2.45) is 5.92 Å². The number of nitrogen functional groups attached to an aromatic ring is 2. The van der Waals surface area contributed by atoms with Crippen LogP contribution >= 0.6 is 0 Å². The van der Waals surface area contributed by atoms with Gasteiger partial charge < -0.3 is 11.5 Å². The van der Waals surface area contributed by atoms with Crippen LogP contribution in [-0.2, 0) is 6.54 Å². The van der Waals surface area contributed by atoms with E-state index < -0.39 is 0 Å². The number of hydrogen-bond donors (Lipinski definition) is 2. The van der Waals surface area contributed by atoms with E-state index in [1.165, 1.54) is 0 Å². The molecule has 0 spiro atoms. The van der Waals surface area contributed by atoms with Gasteiger partial charge in [-0.2, -0.15) is 15.1 Å². The number of nitrogens with two attached hydrogens (primary N) is 2. The summed E-state index contributed by atoms with van der Waals surface area (Å²) in [6, 6.07) is 0. The summed E-state index contributed by atoms with van der Waals surface area (Å²) in [5.74, 6) is 1.22. The van der Waals surface area contributed by atoms with Crippen molar-refractivity contribution in [3.63, 3.8) is 0 Å². The first-order valence-electron chi connectivity index (χ1n) is 9.75. The third kappa shape index (κ3) is 9.27. The van der Waals surface area contributed by atoms with E-state index in [1.807, 2.05) is 67.0 Å². The summed E-state index contributed by atoms with van der Waals surface area (Å²) < 4.78 is 1.86. The molecule has 0 unspecified atom stereocenters. The molecule has 6 nitrogen and oxygen atoms in total. The van der Waals surface area contributed by atoms with Crippen LogP contribution in [-0.4, -0.2) is 19.7 Å². The number of hydrogen-bond acceptors (Lipinski definition) is 5. The number of anilines is 2. The van der Waals surface area contributed by atoms with Crippen LogP contribution in [0, 0.1) is 12.8 Å². The zero-order chi connectivity index (χ0) is 20.6. The Morgan fingerprint density at radius 1 is 0.880 bits per heavy atom. The lowest BCUT2D eigenvalue weighted by atomic mass is 10.1. The van der Waals surface area contributed by atoms with Crippen LogP contribution < -0.4 is 11.5 Å². The predicted octanol–water partition coefficient (Wildman–Crippen LogP) is 5.45. The second-order valence-electron chi connectivity index (χ2n) is 4.66. The average molecular weight is 355 g/mol. The van der Waals surface area contributed by atoms with E-state index in [0.717, 1.165) is 29.7 Å². The average Bonchev–Trinajstić information content (AvgIpc) is 2.96. The highest BCUT2D eigenvalue weighted by Gasteiger charge is 2.13. The predicted molar refractivity (Wildman–Crippen MR) is 114 cm³/mol. The smallest absolute Gasteiger partial charge is 0.224 e. The summed E-state index contributed by atoms with van der Waals surface area (Å²) in [5.41, 5.74) is 13.0. The SMILES string of the molecule is CC.CC.CC.CC.Cc1nn(CCC(C)C)c2nc(N)nc(N)c12. The molecule has 2 rings (SSSR count). The maximum atomic E-state index is 5.84. The van der Waals surface area contributed by atoms with Crippen molar-refractivity contribution in [3.8, 4) is 0 Å². The summed E-state index contributed by atoms with van der Waals surface area (Å²) in [5, 5.41) is 5.25. The van der Waals surface area contributed by atoms with Gasteiger partial charge in [-0.15, -0.1) is 0 Å². The molecule has 0 atom stereocenters. The molecular weight excluding hydrogens is 312 g/mol. The summed E-state index contributed by atoms with van der Waals surface area (Å²) in [6.07, 6.45) is 1.04. The lowest BCUT2D eigenvalue weighted by Gasteiger charge is -2.05. The van der Waals surface area contributed by atoms with E-state index in [4.69, 9.17) is 11.5 Å². The Bertz CT molecular complexity index is 546. The highest BCUT2D eigenvalue weighted by molar-refractivity contribution is 5.88. The molecule has 0 fully saturated rings. The third-order valence-corrected chi connectivity index (χ3v) is 2.73. The number of fused-ring (bicyclic) bond motifs is 1. The van der Waals surface area contributed by atoms with Crippen LogP contribution in [0.15, 0.2) is 0 Å². The van der Waals surface area contributed by atoms with Gasteiger partial charge in [-0.25, -0.2) is 4.68 Å². The van der Waals surface area contributed by atoms with Crippen LogP contribution in [0.1, 0.15) is 81.4 Å². The van der Waals surface area contributed by atoms with Gasteiger partial charge in [-0.1, -0.05) is 69.2 Å². The third-order valence-electron chi connectivity index (χ3n) is 2.73. The fourth-order valence-electron chi connectivity index (χ4n) is 1.83. The van der Waals surface area contributed by atoms with Gasteiger partial charge in [0.15, 0.2) is 5.65 Å². The highest BCUT2D eigenvalue weighted by Crippen LogP contribution is 2.22. The van der Waals surface area contributed by atoms with Gasteiger partial charge in [-0.05, 0) is 19.3 Å². The zero-order valence-electron chi connectivity index (χ0n) is 18.4. The van der Waals surface area contributed by atoms with Crippen molar-refractivity contribution < 1.29 is 0 Å². The number of aromatic nitrogens is 4. The molecule has 2 aromatic rings. The fraction of sp³-hybridized carbons (Fsp3) is 0.737. The van der Waals surface area contributed by atoms with E-state index in [1.54, 1.807) is 0 Å². The zero-order valence-corrected chi connectivity index (χ0v) is 18.4. The standard InChI is InChI=1S/C11H18N6.4C2H6/c1-6(2)4-5-17-10-8(7(3)16-17)9(12)14-11(13)15-10;4*1-2/h6H,4-5H2,1-3H3,(H4,12,13,14,15);4*1-2H3. The van der Waals surface area contributed by atoms with Crippen molar-refractivity contribution in [2.75, 3.05) is 11.5 Å². The van der Waals surface area contributed by atoms with Crippen molar-refractivity contribution >= 4 is 22.8 Å². The van der Waals surface area contributed by atoms with Gasteiger partial charge in [0.1, 0.15) is 5.82 Å². The largest absolute Gasteiger partial charge is 0.383 e. The number of nitrogens with zero attached hydrogens (tertiary/aromatic N) is 4. The maximum absolute atomic E-state index is 5.84. The molecule has 0 radical (unpaired) electrons. The Hall–Kier alpha value is -1.85. The van der Waals surface area contributed by atoms with Gasteiger partial charge in [0.2, 0.25) is 5.95 Å². The molecule has 4 N–H and O–H groups in total. The van der Waals surface area contributed by atoms with E-state index in [9.17, 15) is 0 Å². The fourth-order valence-corrected chi connectivity index (χ4v) is 1.83. The minimum atomic E-state index is 0.195. The Labute approximate surface area is 155 Å². The minimum Gasteiger partial charge on any atom is -0.383 e. The highest BCUT2D eigenvalue weighted by atomic mass is 15.3. The molecule has 0 saturated heterocycles. The monoisotopic (exact) mass is 354 g/mol. The van der Waals surface area contributed by atoms with Gasteiger partial charge in [-0.3, -0.25) is 0 Å². The van der Waals surface area contributed by atoms with Crippen molar-refractivity contribution in [2.45, 2.75) is 89.1 Å². The first-order valence-corrected chi connectivity index (χ1v) is 9.75. The number of rotatable bonds is 3. The Kier molecular flexibility index (Phi) is 19.0. The topological polar surface area (TPSA) is 95.6 Å². The van der Waals surface area contributed by atoms with Crippen LogP contribution in [0.3, 0.4) is 0 Å². The molecule has 0 amide bonds. The van der Waals surface area contributed by atoms with Gasteiger partial charge in [0.25, 0.3) is 0 Å². The molecule has 0 aliphatic rings. The van der Waals surface area contributed by atoms with E-state index in [2.05, 4.69) is 28.9 Å². The van der Waals surface area contributed by atoms with Gasteiger partial charge in [0.05, 0.1) is 11.1 Å². The molecular formula is C19H42N6. The van der Waals surface area contributed by atoms with Crippen molar-refractivity contribution in [1.82, 2.24) is 19.7 Å². The molecule has 0 aromatic carbocycles. The molecule has 6 heteroatoms. The maximum Gasteiger partial charge on any atom is 0.224 e. The molecule has 25 heavy (non-hydrogen) atoms. The Balaban J connectivity index is -0.000000533. The lowest BCUT2D eigenvalue weighted by molar-refractivity contribution is 0.493. The molecule has 148 valence electrons. The lowest BCUT2D eigenvalue weighted by Crippen LogP contribution is -2.06. The second kappa shape index (κ2) is 17.0. The Morgan fingerprint density at radius 3 is 1.80 bits per heavy atom. The van der Waals surface area contributed by atoms with E-state index >= 15 is 0 Å². The number of aryl methyl sites for hydroxylation is 2. The summed E-state index contributed by atoms with van der Waals surface area (Å²) in [7, 11) is 0. The molecule has 0 aliphatic heterocycles. The van der Waals surface area contributed by atoms with Crippen LogP contribution in [0.5, 0.6) is 0 Å². The Morgan fingerprint density at radius 2 is 1.36 bits per heavy atom. The first-order chi connectivity index (χ1) is 12.0.